The van der Waals surface area contributed by atoms with Gasteiger partial charge >= 0.3 is 6.18 Å². The number of hydrogen-bond acceptors (Lipinski definition) is 4. The fourth-order valence-electron chi connectivity index (χ4n) is 2.60. The van der Waals surface area contributed by atoms with Crippen LogP contribution in [0.4, 0.5) is 13.2 Å². The predicted molar refractivity (Wildman–Crippen MR) is 122 cm³/mol. The lowest BCUT2D eigenvalue weighted by Crippen LogP contribution is -2.36. The average molecular weight is 550 g/mol. The molecule has 0 saturated carbocycles. The summed E-state index contributed by atoms with van der Waals surface area (Å²) >= 11 is 0.970. The van der Waals surface area contributed by atoms with Crippen LogP contribution in [0.25, 0.3) is 0 Å². The van der Waals surface area contributed by atoms with Crippen LogP contribution in [-0.4, -0.2) is 27.3 Å². The number of benzene rings is 1. The molecular formula is C19H22F3IN6S. The molecule has 2 aromatic heterocycles. The molecule has 11 heteroatoms. The van der Waals surface area contributed by atoms with Crippen molar-refractivity contribution in [3.63, 3.8) is 0 Å². The van der Waals surface area contributed by atoms with Crippen molar-refractivity contribution < 1.29 is 13.2 Å². The van der Waals surface area contributed by atoms with Gasteiger partial charge in [-0.1, -0.05) is 24.3 Å². The fraction of sp³-hybridized carbons (Fsp3) is 0.316. The molecule has 0 fully saturated rings. The SMILES string of the molecule is CCNC(=NCc1cccc(Cn2cccn2)c1)NCc1nc(C(F)(F)F)cs1.I. The molecule has 0 spiro atoms. The Hall–Kier alpha value is -2.15. The van der Waals surface area contributed by atoms with Crippen molar-refractivity contribution in [2.45, 2.75) is 32.7 Å². The number of alkyl halides is 3. The van der Waals surface area contributed by atoms with E-state index in [0.29, 0.717) is 30.6 Å². The first-order valence-corrected chi connectivity index (χ1v) is 9.91. The third kappa shape index (κ3) is 7.27. The highest BCUT2D eigenvalue weighted by Crippen LogP contribution is 2.29. The Kier molecular flexibility index (Phi) is 9.08. The number of aliphatic imine (C=N–C) groups is 1. The van der Waals surface area contributed by atoms with Gasteiger partial charge in [0.2, 0.25) is 0 Å². The minimum absolute atomic E-state index is 0. The van der Waals surface area contributed by atoms with Gasteiger partial charge in [0.15, 0.2) is 11.7 Å². The van der Waals surface area contributed by atoms with E-state index >= 15 is 0 Å². The Labute approximate surface area is 193 Å². The van der Waals surface area contributed by atoms with Crippen molar-refractivity contribution in [3.8, 4) is 0 Å². The minimum Gasteiger partial charge on any atom is -0.357 e. The first kappa shape index (κ1) is 24.1. The summed E-state index contributed by atoms with van der Waals surface area (Å²) in [4.78, 5) is 8.14. The number of halogens is 4. The van der Waals surface area contributed by atoms with Crippen LogP contribution in [-0.2, 0) is 25.8 Å². The molecule has 0 saturated heterocycles. The molecule has 30 heavy (non-hydrogen) atoms. The van der Waals surface area contributed by atoms with E-state index in [-0.39, 0.29) is 30.5 Å². The van der Waals surface area contributed by atoms with Crippen LogP contribution < -0.4 is 10.6 Å². The van der Waals surface area contributed by atoms with Gasteiger partial charge in [-0.15, -0.1) is 35.3 Å². The van der Waals surface area contributed by atoms with E-state index in [0.717, 1.165) is 27.8 Å². The molecule has 0 amide bonds. The van der Waals surface area contributed by atoms with Crippen LogP contribution in [0.5, 0.6) is 0 Å². The third-order valence-electron chi connectivity index (χ3n) is 3.91. The smallest absolute Gasteiger partial charge is 0.357 e. The Morgan fingerprint density at radius 1 is 1.20 bits per heavy atom. The molecule has 0 unspecified atom stereocenters. The molecule has 3 aromatic rings. The summed E-state index contributed by atoms with van der Waals surface area (Å²) in [5.74, 6) is 0.522. The van der Waals surface area contributed by atoms with E-state index < -0.39 is 11.9 Å². The van der Waals surface area contributed by atoms with Gasteiger partial charge in [0.1, 0.15) is 5.01 Å². The zero-order chi connectivity index (χ0) is 20.7. The number of nitrogens with one attached hydrogen (secondary N) is 2. The van der Waals surface area contributed by atoms with Crippen LogP contribution >= 0.6 is 35.3 Å². The van der Waals surface area contributed by atoms with Gasteiger partial charge in [-0.2, -0.15) is 18.3 Å². The number of aromatic nitrogens is 3. The van der Waals surface area contributed by atoms with E-state index in [1.807, 2.05) is 42.1 Å². The standard InChI is InChI=1S/C19H21F3N6S.HI/c1-2-23-18(25-11-17-27-16(13-29-17)19(20,21)22)24-10-14-5-3-6-15(9-14)12-28-8-4-7-26-28;/h3-9,13H,2,10-12H2,1H3,(H2,23,24,25);1H. The summed E-state index contributed by atoms with van der Waals surface area (Å²) in [5, 5.41) is 11.7. The van der Waals surface area contributed by atoms with Crippen molar-refractivity contribution in [1.29, 1.82) is 0 Å². The molecule has 162 valence electrons. The summed E-state index contributed by atoms with van der Waals surface area (Å²) in [7, 11) is 0. The first-order chi connectivity index (χ1) is 13.9. The highest BCUT2D eigenvalue weighted by Gasteiger charge is 2.33. The topological polar surface area (TPSA) is 67.1 Å². The molecule has 0 aliphatic carbocycles. The normalized spacial score (nSPS) is 11.8. The average Bonchev–Trinajstić information content (AvgIpc) is 3.36. The van der Waals surface area contributed by atoms with Gasteiger partial charge < -0.3 is 10.6 Å². The molecule has 2 heterocycles. The van der Waals surface area contributed by atoms with Crippen molar-refractivity contribution in [2.75, 3.05) is 6.54 Å². The second-order valence-electron chi connectivity index (χ2n) is 6.20. The van der Waals surface area contributed by atoms with Crippen molar-refractivity contribution in [3.05, 3.63) is 69.9 Å². The quantitative estimate of drug-likeness (QED) is 0.262. The van der Waals surface area contributed by atoms with Crippen molar-refractivity contribution in [1.82, 2.24) is 25.4 Å². The van der Waals surface area contributed by atoms with Gasteiger partial charge in [-0.25, -0.2) is 9.98 Å². The van der Waals surface area contributed by atoms with E-state index in [1.54, 1.807) is 6.20 Å². The maximum absolute atomic E-state index is 12.7. The number of guanidine groups is 1. The third-order valence-corrected chi connectivity index (χ3v) is 4.76. The molecule has 1 aromatic carbocycles. The molecule has 3 rings (SSSR count). The van der Waals surface area contributed by atoms with Crippen molar-refractivity contribution >= 4 is 41.3 Å². The largest absolute Gasteiger partial charge is 0.434 e. The van der Waals surface area contributed by atoms with E-state index in [4.69, 9.17) is 0 Å². The lowest BCUT2D eigenvalue weighted by Gasteiger charge is -2.10. The molecule has 0 bridgehead atoms. The fourth-order valence-corrected chi connectivity index (χ4v) is 3.34. The van der Waals surface area contributed by atoms with Crippen LogP contribution in [0.2, 0.25) is 0 Å². The maximum atomic E-state index is 12.7. The molecule has 2 N–H and O–H groups in total. The summed E-state index contributed by atoms with van der Waals surface area (Å²) in [5.41, 5.74) is 1.28. The second kappa shape index (κ2) is 11.3. The molecule has 0 aliphatic rings. The van der Waals surface area contributed by atoms with E-state index in [1.165, 1.54) is 0 Å². The number of thiazole rings is 1. The summed E-state index contributed by atoms with van der Waals surface area (Å²) in [6, 6.07) is 9.92. The van der Waals surface area contributed by atoms with Crippen LogP contribution in [0.15, 0.2) is 53.1 Å². The second-order valence-corrected chi connectivity index (χ2v) is 7.14. The lowest BCUT2D eigenvalue weighted by molar-refractivity contribution is -0.140. The molecule has 0 radical (unpaired) electrons. The van der Waals surface area contributed by atoms with Crippen LogP contribution in [0, 0.1) is 0 Å². The summed E-state index contributed by atoms with van der Waals surface area (Å²) in [6.45, 7) is 3.85. The Morgan fingerprint density at radius 3 is 2.67 bits per heavy atom. The Balaban J connectivity index is 0.00000320. The Bertz CT molecular complexity index is 940. The first-order valence-electron chi connectivity index (χ1n) is 9.03. The molecule has 0 atom stereocenters. The molecular weight excluding hydrogens is 528 g/mol. The zero-order valence-corrected chi connectivity index (χ0v) is 19.3. The lowest BCUT2D eigenvalue weighted by atomic mass is 10.1. The minimum atomic E-state index is -4.42. The highest BCUT2D eigenvalue weighted by atomic mass is 127. The van der Waals surface area contributed by atoms with Gasteiger partial charge in [0.25, 0.3) is 0 Å². The van der Waals surface area contributed by atoms with Gasteiger partial charge in [0.05, 0.1) is 19.6 Å². The Morgan fingerprint density at radius 2 is 2.00 bits per heavy atom. The van der Waals surface area contributed by atoms with Gasteiger partial charge in [-0.05, 0) is 24.1 Å². The van der Waals surface area contributed by atoms with E-state index in [9.17, 15) is 13.2 Å². The monoisotopic (exact) mass is 550 g/mol. The van der Waals surface area contributed by atoms with Gasteiger partial charge in [-0.3, -0.25) is 4.68 Å². The predicted octanol–water partition coefficient (Wildman–Crippen LogP) is 4.28. The number of hydrogen-bond donors (Lipinski definition) is 2. The summed E-state index contributed by atoms with van der Waals surface area (Å²) < 4.78 is 39.8. The van der Waals surface area contributed by atoms with Crippen molar-refractivity contribution in [2.24, 2.45) is 4.99 Å². The van der Waals surface area contributed by atoms with Gasteiger partial charge in [0, 0.05) is 24.3 Å². The zero-order valence-electron chi connectivity index (χ0n) is 16.2. The molecule has 6 nitrogen and oxygen atoms in total. The summed E-state index contributed by atoms with van der Waals surface area (Å²) in [6.07, 6.45) is -0.780. The highest BCUT2D eigenvalue weighted by molar-refractivity contribution is 14.0. The van der Waals surface area contributed by atoms with E-state index in [2.05, 4.69) is 31.8 Å². The number of rotatable bonds is 7. The maximum Gasteiger partial charge on any atom is 0.434 e. The van der Waals surface area contributed by atoms with Crippen LogP contribution in [0.1, 0.15) is 28.8 Å². The molecule has 0 aliphatic heterocycles. The number of nitrogens with zero attached hydrogens (tertiary/aromatic N) is 4. The van der Waals surface area contributed by atoms with Crippen LogP contribution in [0.3, 0.4) is 0 Å².